The van der Waals surface area contributed by atoms with E-state index < -0.39 is 325 Å². The fourth-order valence-corrected chi connectivity index (χ4v) is 10.2. The van der Waals surface area contributed by atoms with Crippen LogP contribution in [-0.4, -0.2) is 188 Å². The number of halogens is 20. The van der Waals surface area contributed by atoms with Crippen molar-refractivity contribution in [1.82, 2.24) is 30.2 Å². The van der Waals surface area contributed by atoms with Crippen LogP contribution < -0.4 is 29.6 Å². The fourth-order valence-electron chi connectivity index (χ4n) is 10.2. The number of carbonyl (C=O) groups is 14. The van der Waals surface area contributed by atoms with Crippen molar-refractivity contribution in [3.8, 4) is 28.7 Å². The minimum atomic E-state index is -2.54. The van der Waals surface area contributed by atoms with Crippen LogP contribution in [0.4, 0.5) is 97.4 Å². The molecule has 6 N–H and O–H groups in total. The first-order valence-electron chi connectivity index (χ1n) is 35.2. The van der Waals surface area contributed by atoms with Gasteiger partial charge in [0.2, 0.25) is 105 Å². The number of carboxylic acids is 3. The van der Waals surface area contributed by atoms with E-state index >= 15 is 0 Å². The number of ether oxygens (including phenoxy) is 6. The molecule has 0 aliphatic carbocycles. The van der Waals surface area contributed by atoms with E-state index in [0.29, 0.717) is 10.5 Å². The first-order chi connectivity index (χ1) is 59.3. The van der Waals surface area contributed by atoms with Gasteiger partial charge in [0, 0.05) is 49.6 Å². The Morgan fingerprint density at radius 3 is 0.835 bits per heavy atom. The Morgan fingerprint density at radius 1 is 0.339 bits per heavy atom. The second-order valence-electron chi connectivity index (χ2n) is 26.8. The number of carboxylic acid groups (broad SMARTS) is 3. The Bertz CT molecular complexity index is 5030. The molecular formula is C77H62F20N6O24. The number of rotatable bonds is 35. The van der Waals surface area contributed by atoms with Gasteiger partial charge in [-0.25, -0.2) is 72.7 Å². The molecule has 0 radical (unpaired) electrons. The maximum Gasteiger partial charge on any atom is 0.408 e. The van der Waals surface area contributed by atoms with Crippen molar-refractivity contribution in [1.29, 1.82) is 0 Å². The molecule has 0 aliphatic rings. The molecule has 127 heavy (non-hydrogen) atoms. The molecule has 2 atom stereocenters. The van der Waals surface area contributed by atoms with E-state index in [9.17, 15) is 160 Å². The van der Waals surface area contributed by atoms with Gasteiger partial charge in [0.25, 0.3) is 0 Å². The van der Waals surface area contributed by atoms with Crippen molar-refractivity contribution >= 4 is 83.4 Å². The first kappa shape index (κ1) is 103. The summed E-state index contributed by atoms with van der Waals surface area (Å²) in [5, 5.41) is 39.8. The van der Waals surface area contributed by atoms with E-state index in [1.165, 1.54) is 30.3 Å². The van der Waals surface area contributed by atoms with Crippen LogP contribution in [0.3, 0.4) is 0 Å². The number of phenols is 1. The monoisotopic (exact) mass is 1830 g/mol. The number of aliphatic carboxylic acids is 3. The van der Waals surface area contributed by atoms with Crippen LogP contribution >= 0.6 is 0 Å². The molecule has 2 unspecified atom stereocenters. The lowest BCUT2D eigenvalue weighted by Gasteiger charge is -2.27. The smallest absolute Gasteiger partial charge is 0.408 e. The summed E-state index contributed by atoms with van der Waals surface area (Å²) in [4.78, 5) is 179. The third kappa shape index (κ3) is 31.3. The van der Waals surface area contributed by atoms with Gasteiger partial charge < -0.3 is 79.1 Å². The molecule has 0 fully saturated rings. The van der Waals surface area contributed by atoms with Crippen LogP contribution in [0.25, 0.3) is 0 Å². The van der Waals surface area contributed by atoms with Gasteiger partial charge in [0.15, 0.2) is 69.7 Å². The molecule has 6 amide bonds. The molecular weight excluding hydrogens is 1770 g/mol. The number of carbonyl (C=O) groups excluding carboxylic acids is 11. The third-order valence-electron chi connectivity index (χ3n) is 15.8. The molecule has 30 nitrogen and oxygen atoms in total. The van der Waals surface area contributed by atoms with Gasteiger partial charge in [-0.05, 0) is 29.4 Å². The number of nitrogens with one attached hydrogen (secondary N) is 2. The highest BCUT2D eigenvalue weighted by Crippen LogP contribution is 2.32. The van der Waals surface area contributed by atoms with Crippen LogP contribution in [0.5, 0.6) is 28.7 Å². The summed E-state index contributed by atoms with van der Waals surface area (Å²) in [7, 11) is 0. The zero-order valence-corrected chi connectivity index (χ0v) is 64.7. The molecule has 0 spiro atoms. The molecule has 7 rings (SSSR count). The van der Waals surface area contributed by atoms with Crippen LogP contribution in [0.15, 0.2) is 91.0 Å². The van der Waals surface area contributed by atoms with Gasteiger partial charge in [-0.2, -0.15) is 43.9 Å². The third-order valence-corrected chi connectivity index (χ3v) is 15.8. The highest BCUT2D eigenvalue weighted by atomic mass is 19.2. The predicted octanol–water partition coefficient (Wildman–Crippen LogP) is 10.3. The van der Waals surface area contributed by atoms with Crippen LogP contribution in [0, 0.1) is 122 Å². The minimum Gasteiger partial charge on any atom is -0.503 e. The van der Waals surface area contributed by atoms with E-state index in [0.717, 1.165) is 4.90 Å². The van der Waals surface area contributed by atoms with E-state index in [-0.39, 0.29) is 64.5 Å². The molecule has 684 valence electrons. The number of phenolic OH excluding ortho intramolecular Hbond substituents is 1. The number of nitrogens with zero attached hydrogens (tertiary/aromatic N) is 4. The van der Waals surface area contributed by atoms with E-state index in [2.05, 4.69) is 24.3 Å². The van der Waals surface area contributed by atoms with Gasteiger partial charge in [-0.15, -0.1) is 0 Å². The van der Waals surface area contributed by atoms with E-state index in [4.69, 9.17) is 24.8 Å². The Labute approximate surface area is 698 Å². The van der Waals surface area contributed by atoms with Crippen molar-refractivity contribution in [2.24, 2.45) is 5.41 Å². The Balaban J connectivity index is 0.000000464. The van der Waals surface area contributed by atoms with Gasteiger partial charge in [-0.3, -0.25) is 38.4 Å². The Morgan fingerprint density at radius 2 is 0.575 bits per heavy atom. The summed E-state index contributed by atoms with van der Waals surface area (Å²) in [5.74, 6) is -72.2. The number of esters is 4. The first-order valence-corrected chi connectivity index (χ1v) is 35.2. The van der Waals surface area contributed by atoms with Gasteiger partial charge in [0.05, 0.1) is 6.54 Å². The lowest BCUT2D eigenvalue weighted by molar-refractivity contribution is -0.150. The second-order valence-corrected chi connectivity index (χ2v) is 26.8. The van der Waals surface area contributed by atoms with E-state index in [1.54, 1.807) is 51.1 Å². The molecule has 0 saturated heterocycles. The zero-order valence-electron chi connectivity index (χ0n) is 64.7. The number of hydrogen-bond acceptors (Lipinski definition) is 21. The van der Waals surface area contributed by atoms with Gasteiger partial charge in [0.1, 0.15) is 71.1 Å². The number of benzene rings is 7. The average molecular weight is 1840 g/mol. The van der Waals surface area contributed by atoms with Crippen molar-refractivity contribution < 1.29 is 204 Å². The summed E-state index contributed by atoms with van der Waals surface area (Å²) in [5.41, 5.74) is 0.451. The summed E-state index contributed by atoms with van der Waals surface area (Å²) < 4.78 is 303. The number of aromatic hydroxyl groups is 1. The number of alkyl carbamates (subject to hydrolysis) is 2. The van der Waals surface area contributed by atoms with Crippen molar-refractivity contribution in [3.63, 3.8) is 0 Å². The number of hydrogen-bond donors (Lipinski definition) is 6. The second kappa shape index (κ2) is 46.7. The maximum atomic E-state index is 14.5. The Hall–Kier alpha value is -14.7. The highest BCUT2D eigenvalue weighted by molar-refractivity contribution is 5.94. The summed E-state index contributed by atoms with van der Waals surface area (Å²) >= 11 is 0. The average Bonchev–Trinajstić information content (AvgIpc) is 0.818. The van der Waals surface area contributed by atoms with Crippen LogP contribution in [0.1, 0.15) is 64.0 Å². The normalized spacial score (nSPS) is 11.3. The molecule has 0 saturated carbocycles. The highest BCUT2D eigenvalue weighted by Gasteiger charge is 2.38. The summed E-state index contributed by atoms with van der Waals surface area (Å²) in [6.07, 6.45) is -6.48. The standard InChI is InChI=1S/C45H25F16N3O12.C26H35N3O11.C6H2F4O/c46-18-8-19(47)33(55)40(32(18)54)73-28(66)12-63(13-29(67)74-41-34(56)20(48)9-21(49)35(41)57)27(65)7-6-26(62-45(71)72-16-17-4-2-1-3-5-17)44(70)64(14-30(68)75-42-36(58)22(50)10-23(51)37(42)59)15-31(69)76-43-38(60)24(52)11-25(53)39(43)61;1-26(2,3)11-18(30)12-28(13-21(32)33)20(31)10-9-19(24(38)29(14-22(34)35)15-23(36)37)27-25(39)40-16-17-7-5-4-6-8-17;7-2-1-3(8)5(10)6(11)4(2)9/h1-5,8-11,26H,6-7,12-16H2,(H,62,71);4-8,19H,9-16H2,1-3H3,(H,27,39)(H,32,33)(H,34,35)(H,36,37);1,11H. The van der Waals surface area contributed by atoms with Crippen LogP contribution in [-0.2, 0) is 80.2 Å². The molecule has 0 heterocycles. The quantitative estimate of drug-likeness (QED) is 0.00930. The molecule has 50 heteroatoms. The minimum absolute atomic E-state index is 0.0182. The zero-order chi connectivity index (χ0) is 95.5. The van der Waals surface area contributed by atoms with Crippen LogP contribution in [0.2, 0.25) is 0 Å². The lowest BCUT2D eigenvalue weighted by Crippen LogP contribution is -2.52. The van der Waals surface area contributed by atoms with Crippen molar-refractivity contribution in [3.05, 3.63) is 218 Å². The number of Topliss-reactive ketones (excluding diaryl/α,β-unsaturated/α-hetero) is 1. The fraction of sp³-hybridized carbons (Fsp3) is 0.273. The van der Waals surface area contributed by atoms with Gasteiger partial charge in [-0.1, -0.05) is 81.4 Å². The largest absolute Gasteiger partial charge is 0.503 e. The molecule has 7 aromatic carbocycles. The molecule has 0 aromatic heterocycles. The van der Waals surface area contributed by atoms with Crippen molar-refractivity contribution in [2.45, 2.75) is 78.2 Å². The topological polar surface area (TPSA) is 412 Å². The van der Waals surface area contributed by atoms with Crippen molar-refractivity contribution in [2.75, 3.05) is 52.4 Å². The summed E-state index contributed by atoms with van der Waals surface area (Å²) in [6, 6.07) is 10.2. The molecule has 7 aromatic rings. The summed E-state index contributed by atoms with van der Waals surface area (Å²) in [6.45, 7) is -6.24. The van der Waals surface area contributed by atoms with Gasteiger partial charge >= 0.3 is 54.0 Å². The lowest BCUT2D eigenvalue weighted by atomic mass is 9.90. The predicted molar refractivity (Wildman–Crippen MR) is 379 cm³/mol. The number of ketones is 1. The SMILES string of the molecule is CC(C)(C)CC(=O)CN(CC(=O)O)C(=O)CCC(NC(=O)OCc1ccccc1)C(=O)N(CC(=O)O)CC(=O)O.O=C(CN(CC(=O)Oc1c(F)c(F)cc(F)c1F)C(=O)CCC(NC(=O)OCc1ccccc1)C(=O)N(CC(=O)Oc1c(F)c(F)cc(F)c1F)CC(=O)Oc1c(F)c(F)cc(F)c1F)Oc1c(F)c(F)cc(F)c1F.Oc1c(F)c(F)cc(F)c1F. The Kier molecular flexibility index (Phi) is 37.8. The van der Waals surface area contributed by atoms with E-state index in [1.807, 2.05) is 5.32 Å². The molecule has 0 bridgehead atoms. The number of amides is 6. The molecule has 0 aliphatic heterocycles. The maximum absolute atomic E-state index is 14.5.